The Balaban J connectivity index is 0. The third kappa shape index (κ3) is 24.9. The van der Waals surface area contributed by atoms with Gasteiger partial charge >= 0.3 is 0 Å². The van der Waals surface area contributed by atoms with Crippen LogP contribution in [0.1, 0.15) is 33.1 Å². The molecular formula is C13H30O5. The van der Waals surface area contributed by atoms with Crippen molar-refractivity contribution in [2.75, 3.05) is 52.9 Å². The smallest absolute Gasteiger partial charge is 0.0701 e. The number of aliphatic hydroxyl groups is 2. The second-order valence-electron chi connectivity index (χ2n) is 3.64. The molecule has 0 aliphatic heterocycles. The van der Waals surface area contributed by atoms with Gasteiger partial charge in [-0.25, -0.2) is 0 Å². The summed E-state index contributed by atoms with van der Waals surface area (Å²) in [5.74, 6) is 0. The van der Waals surface area contributed by atoms with Crippen LogP contribution in [-0.4, -0.2) is 63.1 Å². The summed E-state index contributed by atoms with van der Waals surface area (Å²) in [5, 5.41) is 16.5. The minimum absolute atomic E-state index is 0.0417. The second-order valence-corrected chi connectivity index (χ2v) is 3.64. The van der Waals surface area contributed by atoms with Crippen LogP contribution in [0.2, 0.25) is 0 Å². The van der Waals surface area contributed by atoms with E-state index < -0.39 is 0 Å². The van der Waals surface area contributed by atoms with Crippen LogP contribution < -0.4 is 0 Å². The molecule has 0 aromatic carbocycles. The number of rotatable bonds is 12. The van der Waals surface area contributed by atoms with E-state index in [-0.39, 0.29) is 13.2 Å². The van der Waals surface area contributed by atoms with Crippen LogP contribution in [0, 0.1) is 0 Å². The first-order valence-corrected chi connectivity index (χ1v) is 6.78. The summed E-state index contributed by atoms with van der Waals surface area (Å²) in [6.45, 7) is 7.91. The van der Waals surface area contributed by atoms with E-state index >= 15 is 0 Å². The second kappa shape index (κ2) is 22.0. The highest BCUT2D eigenvalue weighted by Gasteiger charge is 1.86. The number of hydrogen-bond acceptors (Lipinski definition) is 5. The van der Waals surface area contributed by atoms with E-state index in [1.54, 1.807) is 0 Å². The average molecular weight is 266 g/mol. The molecule has 0 atom stereocenters. The van der Waals surface area contributed by atoms with E-state index in [0.717, 1.165) is 19.6 Å². The fourth-order valence-electron chi connectivity index (χ4n) is 0.944. The van der Waals surface area contributed by atoms with Crippen molar-refractivity contribution in [1.82, 2.24) is 0 Å². The molecule has 0 aliphatic carbocycles. The van der Waals surface area contributed by atoms with Gasteiger partial charge in [0.25, 0.3) is 0 Å². The SMILES string of the molecule is CCCCOCCC.OCCOCCOCCO. The monoisotopic (exact) mass is 266 g/mol. The summed E-state index contributed by atoms with van der Waals surface area (Å²) < 4.78 is 15.0. The van der Waals surface area contributed by atoms with Crippen LogP contribution in [0.25, 0.3) is 0 Å². The molecule has 0 aromatic rings. The first-order valence-electron chi connectivity index (χ1n) is 6.78. The molecule has 0 aromatic heterocycles. The Morgan fingerprint density at radius 1 is 0.611 bits per heavy atom. The maximum atomic E-state index is 8.26. The van der Waals surface area contributed by atoms with Gasteiger partial charge in [-0.1, -0.05) is 20.3 Å². The maximum absolute atomic E-state index is 8.26. The largest absolute Gasteiger partial charge is 0.394 e. The lowest BCUT2D eigenvalue weighted by atomic mass is 10.4. The summed E-state index contributed by atoms with van der Waals surface area (Å²) in [7, 11) is 0. The van der Waals surface area contributed by atoms with Crippen molar-refractivity contribution in [3.63, 3.8) is 0 Å². The molecule has 0 amide bonds. The third-order valence-electron chi connectivity index (χ3n) is 1.83. The van der Waals surface area contributed by atoms with E-state index in [1.807, 2.05) is 0 Å². The van der Waals surface area contributed by atoms with Gasteiger partial charge in [-0.2, -0.15) is 0 Å². The molecule has 5 nitrogen and oxygen atoms in total. The summed E-state index contributed by atoms with van der Waals surface area (Å²) in [5.41, 5.74) is 0. The van der Waals surface area contributed by atoms with Crippen molar-refractivity contribution in [1.29, 1.82) is 0 Å². The van der Waals surface area contributed by atoms with Crippen molar-refractivity contribution >= 4 is 0 Å². The first-order chi connectivity index (χ1) is 8.83. The molecule has 0 rings (SSSR count). The Kier molecular flexibility index (Phi) is 24.6. The first kappa shape index (κ1) is 20.1. The van der Waals surface area contributed by atoms with Crippen molar-refractivity contribution in [3.05, 3.63) is 0 Å². The zero-order valence-electron chi connectivity index (χ0n) is 11.9. The Morgan fingerprint density at radius 3 is 1.50 bits per heavy atom. The Bertz CT molecular complexity index is 108. The van der Waals surface area contributed by atoms with Gasteiger partial charge in [0.05, 0.1) is 39.6 Å². The number of ether oxygens (including phenoxy) is 3. The van der Waals surface area contributed by atoms with E-state index in [9.17, 15) is 0 Å². The highest BCUT2D eigenvalue weighted by molar-refractivity contribution is 4.31. The molecular weight excluding hydrogens is 236 g/mol. The minimum Gasteiger partial charge on any atom is -0.394 e. The number of unbranched alkanes of at least 4 members (excludes halogenated alkanes) is 1. The third-order valence-corrected chi connectivity index (χ3v) is 1.83. The molecule has 0 aliphatic rings. The Hall–Kier alpha value is -0.200. The normalized spacial score (nSPS) is 10.0. The van der Waals surface area contributed by atoms with Crippen LogP contribution in [0.15, 0.2) is 0 Å². The molecule has 0 radical (unpaired) electrons. The van der Waals surface area contributed by atoms with Gasteiger partial charge in [0, 0.05) is 13.2 Å². The fourth-order valence-corrected chi connectivity index (χ4v) is 0.944. The van der Waals surface area contributed by atoms with E-state index in [2.05, 4.69) is 13.8 Å². The minimum atomic E-state index is 0.0417. The lowest BCUT2D eigenvalue weighted by molar-refractivity contribution is 0.0222. The van der Waals surface area contributed by atoms with Crippen LogP contribution in [0.5, 0.6) is 0 Å². The van der Waals surface area contributed by atoms with Crippen molar-refractivity contribution in [2.24, 2.45) is 0 Å². The highest BCUT2D eigenvalue weighted by atomic mass is 16.5. The zero-order valence-corrected chi connectivity index (χ0v) is 11.9. The van der Waals surface area contributed by atoms with Gasteiger partial charge in [-0.15, -0.1) is 0 Å². The van der Waals surface area contributed by atoms with Crippen LogP contribution in [-0.2, 0) is 14.2 Å². The Labute approximate surface area is 111 Å². The van der Waals surface area contributed by atoms with Crippen LogP contribution >= 0.6 is 0 Å². The highest BCUT2D eigenvalue weighted by Crippen LogP contribution is 1.88. The molecule has 0 heterocycles. The van der Waals surface area contributed by atoms with Gasteiger partial charge < -0.3 is 24.4 Å². The lowest BCUT2D eigenvalue weighted by Gasteiger charge is -2.01. The predicted octanol–water partition coefficient (Wildman–Crippen LogP) is 1.22. The van der Waals surface area contributed by atoms with Gasteiger partial charge in [0.15, 0.2) is 0 Å². The van der Waals surface area contributed by atoms with Crippen LogP contribution in [0.3, 0.4) is 0 Å². The molecule has 0 saturated heterocycles. The lowest BCUT2D eigenvalue weighted by Crippen LogP contribution is -2.09. The molecule has 0 unspecified atom stereocenters. The van der Waals surface area contributed by atoms with E-state index in [1.165, 1.54) is 12.8 Å². The average Bonchev–Trinajstić information content (AvgIpc) is 2.40. The molecule has 0 spiro atoms. The molecule has 0 fully saturated rings. The maximum Gasteiger partial charge on any atom is 0.0701 e. The van der Waals surface area contributed by atoms with Gasteiger partial charge in [-0.05, 0) is 12.8 Å². The summed E-state index contributed by atoms with van der Waals surface area (Å²) in [6.07, 6.45) is 3.59. The van der Waals surface area contributed by atoms with Crippen LogP contribution in [0.4, 0.5) is 0 Å². The summed E-state index contributed by atoms with van der Waals surface area (Å²) >= 11 is 0. The fraction of sp³-hybridized carbons (Fsp3) is 1.00. The molecule has 5 heteroatoms. The zero-order chi connectivity index (χ0) is 13.9. The topological polar surface area (TPSA) is 68.2 Å². The quantitative estimate of drug-likeness (QED) is 0.520. The Morgan fingerprint density at radius 2 is 1.11 bits per heavy atom. The van der Waals surface area contributed by atoms with Crippen molar-refractivity contribution in [2.45, 2.75) is 33.1 Å². The van der Waals surface area contributed by atoms with Gasteiger partial charge in [0.2, 0.25) is 0 Å². The summed E-state index contributed by atoms with van der Waals surface area (Å²) in [6, 6.07) is 0. The molecule has 112 valence electrons. The summed E-state index contributed by atoms with van der Waals surface area (Å²) in [4.78, 5) is 0. The molecule has 0 saturated carbocycles. The number of aliphatic hydroxyl groups excluding tert-OH is 2. The predicted molar refractivity (Wildman–Crippen MR) is 71.8 cm³/mol. The van der Waals surface area contributed by atoms with Gasteiger partial charge in [0.1, 0.15) is 0 Å². The standard InChI is InChI=1S/C7H16O.C6H14O4/c1-3-5-7-8-6-4-2;7-1-3-9-5-6-10-4-2-8/h3-7H2,1-2H3;7-8H,1-6H2. The number of hydrogen-bond donors (Lipinski definition) is 2. The molecule has 2 N–H and O–H groups in total. The molecule has 0 bridgehead atoms. The van der Waals surface area contributed by atoms with Crippen molar-refractivity contribution in [3.8, 4) is 0 Å². The van der Waals surface area contributed by atoms with E-state index in [0.29, 0.717) is 26.4 Å². The van der Waals surface area contributed by atoms with E-state index in [4.69, 9.17) is 24.4 Å². The van der Waals surface area contributed by atoms with Crippen molar-refractivity contribution < 1.29 is 24.4 Å². The molecule has 18 heavy (non-hydrogen) atoms. The van der Waals surface area contributed by atoms with Gasteiger partial charge in [-0.3, -0.25) is 0 Å².